The highest BCUT2D eigenvalue weighted by Crippen LogP contribution is 2.21. The second kappa shape index (κ2) is 6.02. The molecule has 0 aliphatic heterocycles. The van der Waals surface area contributed by atoms with Crippen LogP contribution >= 0.6 is 0 Å². The van der Waals surface area contributed by atoms with E-state index in [-0.39, 0.29) is 5.56 Å². The van der Waals surface area contributed by atoms with Crippen molar-refractivity contribution < 1.29 is 4.74 Å². The van der Waals surface area contributed by atoms with Gasteiger partial charge in [0.15, 0.2) is 5.65 Å². The van der Waals surface area contributed by atoms with E-state index in [0.717, 1.165) is 35.5 Å². The number of hydrogen-bond donors (Lipinski definition) is 0. The van der Waals surface area contributed by atoms with Crippen molar-refractivity contribution in [3.63, 3.8) is 0 Å². The Kier molecular flexibility index (Phi) is 4.07. The SMILES string of the molecule is CCCn1c(=O)c2c(C)nc(CC)n2c2nc(OCC)ccc21. The number of aromatic nitrogens is 4. The van der Waals surface area contributed by atoms with Gasteiger partial charge in [-0.05, 0) is 26.3 Å². The average Bonchev–Trinajstić information content (AvgIpc) is 2.89. The summed E-state index contributed by atoms with van der Waals surface area (Å²) in [6.45, 7) is 9.12. The van der Waals surface area contributed by atoms with E-state index in [1.54, 1.807) is 4.57 Å². The molecule has 0 saturated carbocycles. The molecule has 6 heteroatoms. The summed E-state index contributed by atoms with van der Waals surface area (Å²) < 4.78 is 9.22. The van der Waals surface area contributed by atoms with Gasteiger partial charge in [0.2, 0.25) is 5.88 Å². The summed E-state index contributed by atoms with van der Waals surface area (Å²) in [5, 5.41) is 0. The molecule has 3 heterocycles. The minimum Gasteiger partial charge on any atom is -0.478 e. The van der Waals surface area contributed by atoms with Crippen LogP contribution in [0.3, 0.4) is 0 Å². The van der Waals surface area contributed by atoms with E-state index in [2.05, 4.69) is 16.9 Å². The first-order valence-electron chi connectivity index (χ1n) is 8.16. The third kappa shape index (κ3) is 2.38. The Bertz CT molecular complexity index is 924. The summed E-state index contributed by atoms with van der Waals surface area (Å²) in [6, 6.07) is 3.73. The zero-order chi connectivity index (χ0) is 16.6. The van der Waals surface area contributed by atoms with Crippen LogP contribution in [-0.4, -0.2) is 25.5 Å². The maximum atomic E-state index is 12.9. The van der Waals surface area contributed by atoms with Gasteiger partial charge in [-0.25, -0.2) is 4.98 Å². The fraction of sp³-hybridized carbons (Fsp3) is 0.471. The molecule has 0 fully saturated rings. The van der Waals surface area contributed by atoms with Gasteiger partial charge in [0.1, 0.15) is 11.3 Å². The van der Waals surface area contributed by atoms with Crippen LogP contribution in [0.15, 0.2) is 16.9 Å². The molecule has 0 radical (unpaired) electrons. The summed E-state index contributed by atoms with van der Waals surface area (Å²) in [4.78, 5) is 22.1. The molecule has 3 rings (SSSR count). The first-order valence-corrected chi connectivity index (χ1v) is 8.16. The summed E-state index contributed by atoms with van der Waals surface area (Å²) >= 11 is 0. The van der Waals surface area contributed by atoms with Crippen LogP contribution in [0, 0.1) is 6.92 Å². The van der Waals surface area contributed by atoms with Crippen LogP contribution in [0.1, 0.15) is 38.7 Å². The summed E-state index contributed by atoms with van der Waals surface area (Å²) in [5.74, 6) is 1.42. The van der Waals surface area contributed by atoms with Gasteiger partial charge in [-0.2, -0.15) is 4.98 Å². The van der Waals surface area contributed by atoms with Gasteiger partial charge in [0.05, 0.1) is 17.8 Å². The maximum absolute atomic E-state index is 12.9. The Morgan fingerprint density at radius 2 is 1.96 bits per heavy atom. The van der Waals surface area contributed by atoms with Crippen LogP contribution in [0.5, 0.6) is 5.88 Å². The van der Waals surface area contributed by atoms with Gasteiger partial charge < -0.3 is 9.30 Å². The minimum atomic E-state index is -0.00462. The zero-order valence-corrected chi connectivity index (χ0v) is 14.1. The maximum Gasteiger partial charge on any atom is 0.277 e. The average molecular weight is 314 g/mol. The van der Waals surface area contributed by atoms with Crippen molar-refractivity contribution in [1.29, 1.82) is 0 Å². The number of nitrogens with zero attached hydrogens (tertiary/aromatic N) is 4. The van der Waals surface area contributed by atoms with Crippen molar-refractivity contribution in [2.75, 3.05) is 6.61 Å². The van der Waals surface area contributed by atoms with E-state index in [0.29, 0.717) is 24.5 Å². The van der Waals surface area contributed by atoms with Crippen LogP contribution in [0.2, 0.25) is 0 Å². The van der Waals surface area contributed by atoms with Crippen LogP contribution < -0.4 is 10.3 Å². The molecule has 122 valence electrons. The number of fused-ring (bicyclic) bond motifs is 3. The predicted molar refractivity (Wildman–Crippen MR) is 90.3 cm³/mol. The first-order chi connectivity index (χ1) is 11.1. The van der Waals surface area contributed by atoms with E-state index in [4.69, 9.17) is 4.74 Å². The van der Waals surface area contributed by atoms with Gasteiger partial charge in [0, 0.05) is 19.0 Å². The monoisotopic (exact) mass is 314 g/mol. The second-order valence-electron chi connectivity index (χ2n) is 5.53. The van der Waals surface area contributed by atoms with E-state index >= 15 is 0 Å². The van der Waals surface area contributed by atoms with Crippen molar-refractivity contribution in [2.45, 2.75) is 47.1 Å². The largest absolute Gasteiger partial charge is 0.478 e. The molecule has 0 atom stereocenters. The lowest BCUT2D eigenvalue weighted by Crippen LogP contribution is -2.24. The molecule has 0 aromatic carbocycles. The van der Waals surface area contributed by atoms with Crippen molar-refractivity contribution in [1.82, 2.24) is 18.9 Å². The predicted octanol–water partition coefficient (Wildman–Crippen LogP) is 2.72. The Balaban J connectivity index is 2.50. The molecule has 3 aromatic rings. The van der Waals surface area contributed by atoms with Gasteiger partial charge in [0.25, 0.3) is 5.56 Å². The standard InChI is InChI=1S/C17H22N4O2/c1-5-10-20-12-8-9-14(23-7-3)19-16(12)21-13(6-2)18-11(4)15(21)17(20)22/h8-9H,5-7,10H2,1-4H3. The lowest BCUT2D eigenvalue weighted by molar-refractivity contribution is 0.328. The summed E-state index contributed by atoms with van der Waals surface area (Å²) in [6.07, 6.45) is 1.62. The Labute approximate surface area is 134 Å². The van der Waals surface area contributed by atoms with Crippen molar-refractivity contribution in [2.24, 2.45) is 0 Å². The number of rotatable bonds is 5. The highest BCUT2D eigenvalue weighted by Gasteiger charge is 2.18. The molecule has 0 unspecified atom stereocenters. The number of hydrogen-bond acceptors (Lipinski definition) is 4. The fourth-order valence-corrected chi connectivity index (χ4v) is 3.01. The molecule has 0 aliphatic carbocycles. The van der Waals surface area contributed by atoms with Crippen molar-refractivity contribution in [3.8, 4) is 5.88 Å². The molecule has 6 nitrogen and oxygen atoms in total. The molecule has 23 heavy (non-hydrogen) atoms. The van der Waals surface area contributed by atoms with E-state index < -0.39 is 0 Å². The van der Waals surface area contributed by atoms with Gasteiger partial charge in [-0.1, -0.05) is 13.8 Å². The third-order valence-corrected chi connectivity index (χ3v) is 3.96. The van der Waals surface area contributed by atoms with E-state index in [1.165, 1.54) is 0 Å². The lowest BCUT2D eigenvalue weighted by Gasteiger charge is -2.13. The lowest BCUT2D eigenvalue weighted by atomic mass is 10.3. The quantitative estimate of drug-likeness (QED) is 0.726. The van der Waals surface area contributed by atoms with Gasteiger partial charge >= 0.3 is 0 Å². The minimum absolute atomic E-state index is 0.00462. The molecule has 0 spiro atoms. The van der Waals surface area contributed by atoms with Crippen molar-refractivity contribution >= 4 is 16.7 Å². The summed E-state index contributed by atoms with van der Waals surface area (Å²) in [7, 11) is 0. The Morgan fingerprint density at radius 1 is 1.17 bits per heavy atom. The smallest absolute Gasteiger partial charge is 0.277 e. The molecule has 0 amide bonds. The molecule has 0 N–H and O–H groups in total. The Hall–Kier alpha value is -2.37. The first kappa shape index (κ1) is 15.5. The number of ether oxygens (including phenoxy) is 1. The van der Waals surface area contributed by atoms with Crippen LogP contribution in [0.25, 0.3) is 16.7 Å². The van der Waals surface area contributed by atoms with Gasteiger partial charge in [-0.15, -0.1) is 0 Å². The molecular formula is C17H22N4O2. The van der Waals surface area contributed by atoms with E-state index in [9.17, 15) is 4.79 Å². The second-order valence-corrected chi connectivity index (χ2v) is 5.53. The topological polar surface area (TPSA) is 61.4 Å². The molecular weight excluding hydrogens is 292 g/mol. The zero-order valence-electron chi connectivity index (χ0n) is 14.1. The molecule has 0 bridgehead atoms. The Morgan fingerprint density at radius 3 is 2.61 bits per heavy atom. The number of pyridine rings is 1. The molecule has 0 saturated heterocycles. The van der Waals surface area contributed by atoms with E-state index in [1.807, 2.05) is 37.3 Å². The normalized spacial score (nSPS) is 11.5. The van der Waals surface area contributed by atoms with Crippen molar-refractivity contribution in [3.05, 3.63) is 34.0 Å². The highest BCUT2D eigenvalue weighted by molar-refractivity contribution is 5.77. The van der Waals surface area contributed by atoms with Crippen LogP contribution in [0.4, 0.5) is 0 Å². The third-order valence-electron chi connectivity index (χ3n) is 3.96. The summed E-state index contributed by atoms with van der Waals surface area (Å²) in [5.41, 5.74) is 2.91. The highest BCUT2D eigenvalue weighted by atomic mass is 16.5. The number of aryl methyl sites for hydroxylation is 3. The van der Waals surface area contributed by atoms with Gasteiger partial charge in [-0.3, -0.25) is 9.20 Å². The fourth-order valence-electron chi connectivity index (χ4n) is 3.01. The number of imidazole rings is 1. The molecule has 0 aliphatic rings. The van der Waals surface area contributed by atoms with Crippen LogP contribution in [-0.2, 0) is 13.0 Å². The molecule has 3 aromatic heterocycles.